The average Bonchev–Trinajstić information content (AvgIpc) is 2.13. The molecule has 2 heteroatoms. The van der Waals surface area contributed by atoms with Gasteiger partial charge in [-0.05, 0) is 19.4 Å². The molecule has 0 unspecified atom stereocenters. The van der Waals surface area contributed by atoms with Crippen LogP contribution in [0.5, 0.6) is 0 Å². The van der Waals surface area contributed by atoms with Gasteiger partial charge in [-0.1, -0.05) is 7.43 Å². The van der Waals surface area contributed by atoms with Gasteiger partial charge in [0.1, 0.15) is 0 Å². The molecule has 0 N–H and O–H groups in total. The number of carbonyl (C=O) groups excluding carboxylic acids is 1. The summed E-state index contributed by atoms with van der Waals surface area (Å²) in [7, 11) is 0. The maximum atomic E-state index is 10.1. The Morgan fingerprint density at radius 2 is 2.10 bits per heavy atom. The summed E-state index contributed by atoms with van der Waals surface area (Å²) in [4.78, 5) is 14.2. The lowest BCUT2D eigenvalue weighted by atomic mass is 10.2. The highest BCUT2D eigenvalue weighted by Gasteiger charge is 2.08. The van der Waals surface area contributed by atoms with E-state index in [0.717, 1.165) is 18.4 Å². The maximum absolute atomic E-state index is 10.1. The summed E-state index contributed by atoms with van der Waals surface area (Å²) in [5.74, 6) is 0. The fourth-order valence-corrected chi connectivity index (χ4v) is 0.818. The number of aldehydes is 1. The number of nitrogens with zero attached hydrogens (tertiary/aromatic N) is 1. The zero-order valence-corrected chi connectivity index (χ0v) is 5.64. The van der Waals surface area contributed by atoms with Gasteiger partial charge in [-0.2, -0.15) is 0 Å². The predicted octanol–water partition coefficient (Wildman–Crippen LogP) is 1.96. The van der Waals surface area contributed by atoms with Crippen LogP contribution in [0.15, 0.2) is 16.3 Å². The summed E-state index contributed by atoms with van der Waals surface area (Å²) in [6, 6.07) is 0. The van der Waals surface area contributed by atoms with Crippen molar-refractivity contribution in [3.63, 3.8) is 0 Å². The van der Waals surface area contributed by atoms with Gasteiger partial charge in [0, 0.05) is 12.1 Å². The zero-order valence-electron chi connectivity index (χ0n) is 5.64. The van der Waals surface area contributed by atoms with Crippen LogP contribution >= 0.6 is 0 Å². The van der Waals surface area contributed by atoms with Crippen LogP contribution in [0, 0.1) is 0 Å². The van der Waals surface area contributed by atoms with E-state index in [9.17, 15) is 4.79 Å². The molecule has 0 aliphatic carbocycles. The quantitative estimate of drug-likeness (QED) is 0.510. The van der Waals surface area contributed by atoms with Crippen molar-refractivity contribution >= 4 is 12.0 Å². The van der Waals surface area contributed by atoms with E-state index in [1.165, 1.54) is 5.57 Å². The summed E-state index contributed by atoms with van der Waals surface area (Å²) in [6.45, 7) is 3.92. The molecule has 0 bridgehead atoms. The lowest BCUT2D eigenvalue weighted by molar-refractivity contribution is -0.102. The fourth-order valence-electron chi connectivity index (χ4n) is 0.818. The number of hydrogen-bond acceptors (Lipinski definition) is 2. The molecular formula is C8H13NO. The molecule has 10 heavy (non-hydrogen) atoms. The number of hydrogen-bond donors (Lipinski definition) is 0. The highest BCUT2D eigenvalue weighted by molar-refractivity contribution is 6.30. The Kier molecular flexibility index (Phi) is 3.00. The van der Waals surface area contributed by atoms with Crippen LogP contribution in [0.3, 0.4) is 0 Å². The van der Waals surface area contributed by atoms with Crippen LogP contribution in [-0.2, 0) is 4.79 Å². The molecule has 1 aliphatic rings. The fraction of sp³-hybridized carbons (Fsp3) is 0.500. The molecule has 1 aliphatic heterocycles. The van der Waals surface area contributed by atoms with Crippen molar-refractivity contribution < 1.29 is 4.79 Å². The summed E-state index contributed by atoms with van der Waals surface area (Å²) in [6.07, 6.45) is 1.56. The van der Waals surface area contributed by atoms with Gasteiger partial charge in [0.25, 0.3) is 0 Å². The second-order valence-corrected chi connectivity index (χ2v) is 2.26. The number of carbonyl (C=O) groups is 1. The minimum Gasteiger partial charge on any atom is -0.297 e. The van der Waals surface area contributed by atoms with Crippen LogP contribution in [0.2, 0.25) is 0 Å². The van der Waals surface area contributed by atoms with E-state index < -0.39 is 0 Å². The normalized spacial score (nSPS) is 16.4. The molecule has 0 atom stereocenters. The van der Waals surface area contributed by atoms with Crippen LogP contribution in [0.4, 0.5) is 0 Å². The van der Waals surface area contributed by atoms with E-state index in [0.29, 0.717) is 5.71 Å². The van der Waals surface area contributed by atoms with Crippen LogP contribution < -0.4 is 0 Å². The monoisotopic (exact) mass is 139 g/mol. The van der Waals surface area contributed by atoms with E-state index in [-0.39, 0.29) is 7.43 Å². The molecule has 0 aromatic rings. The third kappa shape index (κ3) is 1.53. The summed E-state index contributed by atoms with van der Waals surface area (Å²) in [5, 5.41) is 0. The van der Waals surface area contributed by atoms with Crippen molar-refractivity contribution in [2.75, 3.05) is 0 Å². The van der Waals surface area contributed by atoms with Gasteiger partial charge >= 0.3 is 0 Å². The molecule has 2 nitrogen and oxygen atoms in total. The molecule has 1 heterocycles. The van der Waals surface area contributed by atoms with E-state index in [1.807, 2.05) is 13.8 Å². The molecule has 0 saturated heterocycles. The smallest absolute Gasteiger partial charge is 0.164 e. The first-order chi connectivity index (χ1) is 4.24. The molecule has 1 rings (SSSR count). The molecule has 0 fully saturated rings. The van der Waals surface area contributed by atoms with Crippen molar-refractivity contribution in [1.82, 2.24) is 0 Å². The standard InChI is InChI=1S/C7H9NO.CH4/c1-5-3-7(4-9)8-6(5)2;/h4H,3H2,1-2H3;1H4. The van der Waals surface area contributed by atoms with Crippen LogP contribution in [-0.4, -0.2) is 12.0 Å². The van der Waals surface area contributed by atoms with Crippen molar-refractivity contribution in [3.8, 4) is 0 Å². The second kappa shape index (κ2) is 3.30. The van der Waals surface area contributed by atoms with E-state index in [2.05, 4.69) is 4.99 Å². The number of allylic oxidation sites excluding steroid dienone is 2. The first kappa shape index (κ1) is 9.08. The lowest BCUT2D eigenvalue weighted by Crippen LogP contribution is -1.93. The largest absolute Gasteiger partial charge is 0.297 e. The Morgan fingerprint density at radius 1 is 1.50 bits per heavy atom. The summed E-state index contributed by atoms with van der Waals surface area (Å²) < 4.78 is 0. The van der Waals surface area contributed by atoms with Crippen molar-refractivity contribution in [1.29, 1.82) is 0 Å². The van der Waals surface area contributed by atoms with Crippen molar-refractivity contribution in [3.05, 3.63) is 11.3 Å². The molecule has 0 amide bonds. The minimum absolute atomic E-state index is 0. The van der Waals surface area contributed by atoms with Gasteiger partial charge in [-0.15, -0.1) is 0 Å². The highest BCUT2D eigenvalue weighted by atomic mass is 16.1. The average molecular weight is 139 g/mol. The third-order valence-electron chi connectivity index (χ3n) is 1.51. The summed E-state index contributed by atoms with van der Waals surface area (Å²) in [5.41, 5.74) is 2.86. The van der Waals surface area contributed by atoms with Gasteiger partial charge in [-0.25, -0.2) is 0 Å². The molecular weight excluding hydrogens is 126 g/mol. The lowest BCUT2D eigenvalue weighted by Gasteiger charge is -1.86. The Hall–Kier alpha value is -0.920. The Bertz CT molecular complexity index is 201. The highest BCUT2D eigenvalue weighted by Crippen LogP contribution is 2.16. The Labute approximate surface area is 61.7 Å². The molecule has 0 aromatic carbocycles. The predicted molar refractivity (Wildman–Crippen MR) is 43.2 cm³/mol. The molecule has 56 valence electrons. The Balaban J connectivity index is 0.000000810. The van der Waals surface area contributed by atoms with Crippen LogP contribution in [0.25, 0.3) is 0 Å². The van der Waals surface area contributed by atoms with Gasteiger partial charge in [0.05, 0.1) is 5.71 Å². The van der Waals surface area contributed by atoms with Gasteiger partial charge in [0.15, 0.2) is 6.29 Å². The second-order valence-electron chi connectivity index (χ2n) is 2.26. The van der Waals surface area contributed by atoms with E-state index in [4.69, 9.17) is 0 Å². The maximum Gasteiger partial charge on any atom is 0.164 e. The first-order valence-corrected chi connectivity index (χ1v) is 2.93. The first-order valence-electron chi connectivity index (χ1n) is 2.93. The topological polar surface area (TPSA) is 29.4 Å². The summed E-state index contributed by atoms with van der Waals surface area (Å²) >= 11 is 0. The van der Waals surface area contributed by atoms with E-state index in [1.54, 1.807) is 0 Å². The van der Waals surface area contributed by atoms with E-state index >= 15 is 0 Å². The number of aliphatic imine (C=N–C) groups is 1. The minimum atomic E-state index is 0. The van der Waals surface area contributed by atoms with Gasteiger partial charge < -0.3 is 0 Å². The molecule has 0 radical (unpaired) electrons. The molecule has 0 spiro atoms. The van der Waals surface area contributed by atoms with Crippen molar-refractivity contribution in [2.45, 2.75) is 27.7 Å². The Morgan fingerprint density at radius 3 is 2.30 bits per heavy atom. The van der Waals surface area contributed by atoms with Gasteiger partial charge in [-0.3, -0.25) is 9.79 Å². The van der Waals surface area contributed by atoms with Gasteiger partial charge in [0.2, 0.25) is 0 Å². The van der Waals surface area contributed by atoms with Crippen LogP contribution in [0.1, 0.15) is 27.7 Å². The third-order valence-corrected chi connectivity index (χ3v) is 1.51. The molecule has 0 saturated carbocycles. The molecule has 0 aromatic heterocycles. The SMILES string of the molecule is C.CC1=C(C)N=C(C=O)C1. The number of rotatable bonds is 1. The zero-order chi connectivity index (χ0) is 6.85. The van der Waals surface area contributed by atoms with Crippen molar-refractivity contribution in [2.24, 2.45) is 4.99 Å².